The Morgan fingerprint density at radius 2 is 1.83 bits per heavy atom. The highest BCUT2D eigenvalue weighted by Crippen LogP contribution is 2.47. The minimum Gasteiger partial charge on any atom is -0.445 e. The molecule has 5 rings (SSSR count). The van der Waals surface area contributed by atoms with Crippen LogP contribution >= 0.6 is 15.2 Å². The molecule has 0 bridgehead atoms. The molecule has 6 atom stereocenters. The van der Waals surface area contributed by atoms with Crippen LogP contribution in [0.3, 0.4) is 0 Å². The molecular formula is C25H34N6O13P2. The summed E-state index contributed by atoms with van der Waals surface area (Å²) in [6.45, 7) is 2.59. The largest absolute Gasteiger partial charge is 0.445 e. The number of anilines is 1. The number of aliphatic hydroxyl groups excluding tert-OH is 1. The molecule has 2 aromatic heterocycles. The van der Waals surface area contributed by atoms with Crippen LogP contribution in [0, 0.1) is 0 Å². The Morgan fingerprint density at radius 1 is 1.15 bits per heavy atom. The van der Waals surface area contributed by atoms with E-state index in [1.165, 1.54) is 35.2 Å². The summed E-state index contributed by atoms with van der Waals surface area (Å²) in [5, 5.41) is 13.3. The summed E-state index contributed by atoms with van der Waals surface area (Å²) < 4.78 is 48.2. The number of nitrogens with one attached hydrogen (secondary N) is 2. The number of nitrogens with zero attached hydrogens (tertiary/aromatic N) is 3. The first-order valence-electron chi connectivity index (χ1n) is 14.0. The van der Waals surface area contributed by atoms with Crippen LogP contribution in [0.15, 0.2) is 35.4 Å². The third-order valence-corrected chi connectivity index (χ3v) is 9.93. The molecule has 252 valence electrons. The first kappa shape index (κ1) is 34.1. The standard InChI is InChI=1S/C25H34N6O13P2/c1-25(2)43-18-17(42-22(19(18)44-25)31-11-28-16-20(31)29-23(26)30-21(16)33)15(32)8-7-14(46(38,39)40)9-27-24(34)41-10-12-3-5-13(6-4-12)45(35,36)37/h3-6,11,14-15,17-19,22,32H,7-10H2,1-2H3,(H,27,34)(H2,35,36,37)(H2,38,39,40)(H3,26,29,30,33)/t14?,15?,17-,18-,19-,22-/m1/s1. The number of benzene rings is 1. The van der Waals surface area contributed by atoms with Gasteiger partial charge in [0.15, 0.2) is 23.2 Å². The molecule has 0 radical (unpaired) electrons. The third-order valence-electron chi connectivity index (χ3n) is 7.57. The monoisotopic (exact) mass is 688 g/mol. The van der Waals surface area contributed by atoms with E-state index in [1.807, 2.05) is 0 Å². The number of nitrogens with two attached hydrogens (primary N) is 1. The lowest BCUT2D eigenvalue weighted by Crippen LogP contribution is -2.39. The number of H-pyrrole nitrogens is 1. The number of hydrogen-bond donors (Lipinski definition) is 8. The van der Waals surface area contributed by atoms with Gasteiger partial charge >= 0.3 is 21.3 Å². The van der Waals surface area contributed by atoms with Gasteiger partial charge in [-0.25, -0.2) is 9.78 Å². The molecule has 4 heterocycles. The smallest absolute Gasteiger partial charge is 0.407 e. The predicted molar refractivity (Wildman–Crippen MR) is 158 cm³/mol. The van der Waals surface area contributed by atoms with Crippen molar-refractivity contribution in [2.45, 2.75) is 75.4 Å². The molecule has 1 amide bonds. The molecule has 2 fully saturated rings. The van der Waals surface area contributed by atoms with Gasteiger partial charge in [-0.05, 0) is 44.4 Å². The average molecular weight is 689 g/mol. The highest BCUT2D eigenvalue weighted by Gasteiger charge is 2.58. The summed E-state index contributed by atoms with van der Waals surface area (Å²) in [4.78, 5) is 73.4. The molecule has 3 aromatic rings. The van der Waals surface area contributed by atoms with Crippen molar-refractivity contribution in [1.82, 2.24) is 24.8 Å². The van der Waals surface area contributed by atoms with Crippen LogP contribution in [0.1, 0.15) is 38.5 Å². The van der Waals surface area contributed by atoms with Gasteiger partial charge in [0.25, 0.3) is 5.56 Å². The Morgan fingerprint density at radius 3 is 2.48 bits per heavy atom. The Balaban J connectivity index is 1.21. The zero-order valence-electron chi connectivity index (χ0n) is 24.5. The minimum atomic E-state index is -4.77. The van der Waals surface area contributed by atoms with E-state index < -0.39 is 75.5 Å². The van der Waals surface area contributed by atoms with Crippen LogP contribution in [0.5, 0.6) is 0 Å². The second-order valence-corrected chi connectivity index (χ2v) is 14.9. The van der Waals surface area contributed by atoms with Crippen molar-refractivity contribution in [3.63, 3.8) is 0 Å². The third kappa shape index (κ3) is 7.50. The maximum absolute atomic E-state index is 12.3. The highest BCUT2D eigenvalue weighted by atomic mass is 31.2. The first-order valence-corrected chi connectivity index (χ1v) is 17.2. The van der Waals surface area contributed by atoms with Crippen LogP contribution in [0.2, 0.25) is 0 Å². The van der Waals surface area contributed by atoms with Crippen molar-refractivity contribution < 1.29 is 57.6 Å². The number of alkyl carbamates (subject to hydrolysis) is 1. The second kappa shape index (κ2) is 12.8. The van der Waals surface area contributed by atoms with Crippen molar-refractivity contribution in [1.29, 1.82) is 0 Å². The maximum atomic E-state index is 12.3. The molecule has 9 N–H and O–H groups in total. The first-order chi connectivity index (χ1) is 21.4. The Hall–Kier alpha value is -3.22. The minimum absolute atomic E-state index is 0.00448. The van der Waals surface area contributed by atoms with E-state index in [1.54, 1.807) is 13.8 Å². The van der Waals surface area contributed by atoms with Gasteiger partial charge in [0.1, 0.15) is 24.9 Å². The van der Waals surface area contributed by atoms with E-state index in [4.69, 9.17) is 24.7 Å². The SMILES string of the molecule is CC1(C)O[C@@H]2[C@H](O1)[C@@H](C(O)CCC(CNC(=O)OCc1ccc(P(=O)(O)O)cc1)P(=O)(O)O)O[C@H]2n1cnc2c(=O)[nH]c(N)nc21. The van der Waals surface area contributed by atoms with Crippen molar-refractivity contribution in [2.75, 3.05) is 12.3 Å². The van der Waals surface area contributed by atoms with E-state index in [-0.39, 0.29) is 41.9 Å². The van der Waals surface area contributed by atoms with Gasteiger partial charge in [-0.3, -0.25) is 23.5 Å². The van der Waals surface area contributed by atoms with Crippen LogP contribution < -0.4 is 21.9 Å². The van der Waals surface area contributed by atoms with Crippen molar-refractivity contribution in [3.05, 3.63) is 46.5 Å². The van der Waals surface area contributed by atoms with E-state index >= 15 is 0 Å². The molecule has 46 heavy (non-hydrogen) atoms. The number of fused-ring (bicyclic) bond motifs is 2. The fourth-order valence-corrected chi connectivity index (χ4v) is 6.73. The van der Waals surface area contributed by atoms with Gasteiger partial charge in [0.2, 0.25) is 5.95 Å². The Kier molecular flexibility index (Phi) is 9.47. The lowest BCUT2D eigenvalue weighted by atomic mass is 10.0. The van der Waals surface area contributed by atoms with Gasteiger partial charge in [0, 0.05) is 6.54 Å². The number of aromatic amines is 1. The summed E-state index contributed by atoms with van der Waals surface area (Å²) in [6, 6.07) is 5.12. The molecule has 0 saturated carbocycles. The van der Waals surface area contributed by atoms with E-state index in [0.29, 0.717) is 5.56 Å². The normalized spacial score (nSPS) is 24.1. The van der Waals surface area contributed by atoms with Gasteiger partial charge in [-0.1, -0.05) is 12.1 Å². The lowest BCUT2D eigenvalue weighted by molar-refractivity contribution is -0.207. The lowest BCUT2D eigenvalue weighted by Gasteiger charge is -2.27. The summed E-state index contributed by atoms with van der Waals surface area (Å²) in [7, 11) is -9.19. The number of aliphatic hydroxyl groups is 1. The van der Waals surface area contributed by atoms with E-state index in [9.17, 15) is 43.4 Å². The fraction of sp³-hybridized carbons (Fsp3) is 0.520. The molecule has 0 spiro atoms. The summed E-state index contributed by atoms with van der Waals surface area (Å²) in [5.74, 6) is -1.22. The summed E-state index contributed by atoms with van der Waals surface area (Å²) in [6.07, 6.45) is -4.94. The number of carbonyl (C=O) groups excluding carboxylic acids is 1. The fourth-order valence-electron chi connectivity index (χ4n) is 5.37. The van der Waals surface area contributed by atoms with Crippen LogP contribution in [0.25, 0.3) is 11.2 Å². The topological polar surface area (TPSA) is 291 Å². The molecular weight excluding hydrogens is 654 g/mol. The van der Waals surface area contributed by atoms with Crippen molar-refractivity contribution in [2.24, 2.45) is 0 Å². The molecule has 2 aliphatic rings. The molecule has 19 nitrogen and oxygen atoms in total. The molecule has 2 aliphatic heterocycles. The number of aromatic nitrogens is 4. The summed E-state index contributed by atoms with van der Waals surface area (Å²) >= 11 is 0. The zero-order chi connectivity index (χ0) is 33.6. The average Bonchev–Trinajstić information content (AvgIpc) is 3.61. The van der Waals surface area contributed by atoms with Gasteiger partial charge < -0.3 is 54.7 Å². The number of imidazole rings is 1. The molecule has 2 saturated heterocycles. The number of nitrogen functional groups attached to an aromatic ring is 1. The van der Waals surface area contributed by atoms with Crippen LogP contribution in [-0.2, 0) is 34.7 Å². The number of ether oxygens (including phenoxy) is 4. The van der Waals surface area contributed by atoms with Gasteiger partial charge in [0.05, 0.1) is 23.4 Å². The van der Waals surface area contributed by atoms with Gasteiger partial charge in [-0.15, -0.1) is 0 Å². The van der Waals surface area contributed by atoms with Crippen LogP contribution in [-0.4, -0.2) is 92.7 Å². The number of rotatable bonds is 11. The number of hydrogen-bond acceptors (Lipinski definition) is 12. The molecule has 1 aromatic carbocycles. The van der Waals surface area contributed by atoms with Crippen molar-refractivity contribution in [3.8, 4) is 0 Å². The summed E-state index contributed by atoms with van der Waals surface area (Å²) in [5.41, 5.74) is 4.31. The van der Waals surface area contributed by atoms with E-state index in [0.717, 1.165) is 0 Å². The van der Waals surface area contributed by atoms with Crippen molar-refractivity contribution >= 4 is 43.7 Å². The zero-order valence-corrected chi connectivity index (χ0v) is 26.3. The van der Waals surface area contributed by atoms with Gasteiger partial charge in [-0.2, -0.15) is 4.98 Å². The van der Waals surface area contributed by atoms with Crippen LogP contribution in [0.4, 0.5) is 10.7 Å². The quantitative estimate of drug-likeness (QED) is 0.118. The highest BCUT2D eigenvalue weighted by molar-refractivity contribution is 7.60. The maximum Gasteiger partial charge on any atom is 0.407 e. The number of carbonyl (C=O) groups is 1. The molecule has 2 unspecified atom stereocenters. The Bertz CT molecular complexity index is 1740. The second-order valence-electron chi connectivity index (χ2n) is 11.4. The molecule has 0 aliphatic carbocycles. The van der Waals surface area contributed by atoms with E-state index in [2.05, 4.69) is 20.3 Å². The predicted octanol–water partition coefficient (Wildman–Crippen LogP) is -0.464. The number of amides is 1. The Labute approximate surface area is 260 Å². The molecule has 21 heteroatoms.